The SMILES string of the molecule is CCC(C)OC(=O)C(C)C(OC1C[C@@](C)(OC)C(O)C(C)O1)C(C)[C@@H](OC1OC(C)CC(NC[C@@H]2N=C(c3cccn3C)O[C@@H]2C)[C@H]1O)[C@@](C)(O)C[C@@H](C)CN(C)[C@H](C)[C@@H](O)CO. The number of aliphatic hydroxyl groups is 5. The number of hydrogen-bond acceptors (Lipinski definition) is 16. The second-order valence-electron chi connectivity index (χ2n) is 19.4. The maximum Gasteiger partial charge on any atom is 0.311 e. The van der Waals surface area contributed by atoms with Crippen LogP contribution in [0.25, 0.3) is 0 Å². The number of methoxy groups -OCH3 is 1. The van der Waals surface area contributed by atoms with Crippen LogP contribution in [-0.4, -0.2) is 178 Å². The Morgan fingerprint density at radius 1 is 1.13 bits per heavy atom. The van der Waals surface area contributed by atoms with Gasteiger partial charge in [-0.15, -0.1) is 0 Å². The Morgan fingerprint density at radius 3 is 2.41 bits per heavy atom. The first kappa shape index (κ1) is 53.4. The number of esters is 1. The summed E-state index contributed by atoms with van der Waals surface area (Å²) in [6.07, 6.45) is -5.52. The minimum Gasteiger partial charge on any atom is -0.471 e. The zero-order chi connectivity index (χ0) is 47.1. The van der Waals surface area contributed by atoms with Gasteiger partial charge in [0.1, 0.15) is 30.0 Å². The van der Waals surface area contributed by atoms with E-state index in [9.17, 15) is 30.3 Å². The standard InChI is InChI=1S/C46H82N4O13/c1-15-26(3)58-43(55)29(6)39(62-37-21-46(11,57-14)40(54)32(9)60-37)28(5)41(45(10,56)20-25(2)23-50(13)30(7)36(52)24-51)63-44-38(53)33(19-27(4)59-44)47-22-34-31(8)61-42(48-34)35-17-16-18-49(35)12/h16-18,25-34,36-41,44,47,51-54,56H,15,19-24H2,1-14H3/t25-,26?,27?,28?,29?,30-,31-,32?,33?,34+,36+,37?,38-,39?,40?,41-,44?,45+,46-/m1/s1. The number of nitrogens with one attached hydrogen (secondary N) is 1. The molecule has 1 aromatic rings. The van der Waals surface area contributed by atoms with E-state index in [1.165, 1.54) is 7.11 Å². The maximum absolute atomic E-state index is 13.9. The summed E-state index contributed by atoms with van der Waals surface area (Å²) in [6, 6.07) is 2.85. The van der Waals surface area contributed by atoms with E-state index >= 15 is 0 Å². The van der Waals surface area contributed by atoms with E-state index in [-0.39, 0.29) is 55.8 Å². The van der Waals surface area contributed by atoms with E-state index in [4.69, 9.17) is 38.2 Å². The zero-order valence-electron chi connectivity index (χ0n) is 40.3. The molecule has 19 atom stereocenters. The van der Waals surface area contributed by atoms with E-state index in [1.54, 1.807) is 27.7 Å². The highest BCUT2D eigenvalue weighted by Gasteiger charge is 2.51. The topological polar surface area (TPSA) is 215 Å². The average molecular weight is 899 g/mol. The Labute approximate surface area is 375 Å². The molecule has 17 nitrogen and oxygen atoms in total. The van der Waals surface area contributed by atoms with Gasteiger partial charge in [0.15, 0.2) is 12.6 Å². The Kier molecular flexibility index (Phi) is 19.4. The second-order valence-corrected chi connectivity index (χ2v) is 19.4. The van der Waals surface area contributed by atoms with Gasteiger partial charge in [-0.05, 0) is 99.8 Å². The largest absolute Gasteiger partial charge is 0.471 e. The quantitative estimate of drug-likeness (QED) is 0.0872. The molecule has 63 heavy (non-hydrogen) atoms. The smallest absolute Gasteiger partial charge is 0.311 e. The summed E-state index contributed by atoms with van der Waals surface area (Å²) in [6.45, 7) is 20.7. The fraction of sp³-hybridized carbons (Fsp3) is 0.870. The van der Waals surface area contributed by atoms with Crippen molar-refractivity contribution >= 4 is 11.9 Å². The van der Waals surface area contributed by atoms with Crippen LogP contribution in [0, 0.1) is 17.8 Å². The monoisotopic (exact) mass is 899 g/mol. The number of likely N-dealkylation sites (N-methyl/N-ethyl adjacent to an activating group) is 1. The van der Waals surface area contributed by atoms with Gasteiger partial charge in [-0.2, -0.15) is 0 Å². The normalized spacial score (nSPS) is 33.9. The fourth-order valence-corrected chi connectivity index (χ4v) is 9.34. The predicted octanol–water partition coefficient (Wildman–Crippen LogP) is 2.75. The van der Waals surface area contributed by atoms with Gasteiger partial charge < -0.3 is 73.5 Å². The average Bonchev–Trinajstić information content (AvgIpc) is 3.83. The van der Waals surface area contributed by atoms with Crippen molar-refractivity contribution in [1.82, 2.24) is 14.8 Å². The molecule has 0 aliphatic carbocycles. The lowest BCUT2D eigenvalue weighted by Gasteiger charge is -2.48. The molecular weight excluding hydrogens is 817 g/mol. The first-order valence-electron chi connectivity index (χ1n) is 23.0. The van der Waals surface area contributed by atoms with Gasteiger partial charge >= 0.3 is 5.97 Å². The summed E-state index contributed by atoms with van der Waals surface area (Å²) in [5.41, 5.74) is -1.76. The third-order valence-corrected chi connectivity index (χ3v) is 13.7. The number of hydrogen-bond donors (Lipinski definition) is 6. The van der Waals surface area contributed by atoms with Crippen molar-refractivity contribution in [1.29, 1.82) is 0 Å². The van der Waals surface area contributed by atoms with E-state index in [2.05, 4.69) is 5.32 Å². The molecule has 364 valence electrons. The number of ether oxygens (including phenoxy) is 7. The Balaban J connectivity index is 1.67. The van der Waals surface area contributed by atoms with Crippen molar-refractivity contribution in [3.63, 3.8) is 0 Å². The lowest BCUT2D eigenvalue weighted by Crippen LogP contribution is -2.61. The van der Waals surface area contributed by atoms with Crippen molar-refractivity contribution in [2.45, 2.75) is 199 Å². The van der Waals surface area contributed by atoms with Crippen molar-refractivity contribution in [2.24, 2.45) is 29.8 Å². The first-order valence-corrected chi connectivity index (χ1v) is 23.0. The zero-order valence-corrected chi connectivity index (χ0v) is 40.3. The van der Waals surface area contributed by atoms with Gasteiger partial charge in [-0.3, -0.25) is 4.79 Å². The lowest BCUT2D eigenvalue weighted by atomic mass is 9.77. The van der Waals surface area contributed by atoms with Crippen LogP contribution in [0.15, 0.2) is 23.3 Å². The number of carbonyl (C=O) groups excluding carboxylic acids is 1. The molecule has 0 saturated carbocycles. The van der Waals surface area contributed by atoms with Crippen molar-refractivity contribution in [2.75, 3.05) is 33.9 Å². The number of carbonyl (C=O) groups is 1. The van der Waals surface area contributed by atoms with Gasteiger partial charge in [0.05, 0.1) is 60.4 Å². The van der Waals surface area contributed by atoms with E-state index in [0.717, 1.165) is 5.69 Å². The summed E-state index contributed by atoms with van der Waals surface area (Å²) in [4.78, 5) is 20.7. The molecule has 2 fully saturated rings. The van der Waals surface area contributed by atoms with Crippen molar-refractivity contribution < 1.29 is 63.5 Å². The third kappa shape index (κ3) is 13.4. The second kappa shape index (κ2) is 23.0. The van der Waals surface area contributed by atoms with E-state index in [0.29, 0.717) is 31.8 Å². The van der Waals surface area contributed by atoms with Crippen molar-refractivity contribution in [3.8, 4) is 0 Å². The maximum atomic E-state index is 13.9. The highest BCUT2D eigenvalue weighted by molar-refractivity contribution is 5.94. The molecule has 0 aromatic carbocycles. The minimum absolute atomic E-state index is 0.144. The molecule has 3 aliphatic rings. The van der Waals surface area contributed by atoms with Gasteiger partial charge in [-0.25, -0.2) is 4.99 Å². The summed E-state index contributed by atoms with van der Waals surface area (Å²) in [7, 11) is 5.31. The van der Waals surface area contributed by atoms with Crippen LogP contribution in [0.3, 0.4) is 0 Å². The summed E-state index contributed by atoms with van der Waals surface area (Å²) < 4.78 is 45.9. The molecule has 10 unspecified atom stereocenters. The molecule has 4 rings (SSSR count). The van der Waals surface area contributed by atoms with Crippen LogP contribution in [-0.2, 0) is 45.0 Å². The highest BCUT2D eigenvalue weighted by Crippen LogP contribution is 2.39. The molecule has 17 heteroatoms. The molecule has 0 radical (unpaired) electrons. The Morgan fingerprint density at radius 2 is 1.81 bits per heavy atom. The minimum atomic E-state index is -1.62. The molecule has 0 bridgehead atoms. The van der Waals surface area contributed by atoms with E-state index < -0.39 is 84.3 Å². The Bertz CT molecular complexity index is 1600. The third-order valence-electron chi connectivity index (χ3n) is 13.7. The predicted molar refractivity (Wildman–Crippen MR) is 237 cm³/mol. The molecule has 2 saturated heterocycles. The number of nitrogens with zero attached hydrogens (tertiary/aromatic N) is 3. The fourth-order valence-electron chi connectivity index (χ4n) is 9.34. The lowest BCUT2D eigenvalue weighted by molar-refractivity contribution is -0.316. The number of aromatic nitrogens is 1. The van der Waals surface area contributed by atoms with Crippen LogP contribution < -0.4 is 5.32 Å². The van der Waals surface area contributed by atoms with Gasteiger partial charge in [-0.1, -0.05) is 20.8 Å². The van der Waals surface area contributed by atoms with Gasteiger partial charge in [0, 0.05) is 57.9 Å². The number of aryl methyl sites for hydroxylation is 1. The van der Waals surface area contributed by atoms with Gasteiger partial charge in [0.2, 0.25) is 5.90 Å². The van der Waals surface area contributed by atoms with Gasteiger partial charge in [0.25, 0.3) is 0 Å². The number of rotatable bonds is 23. The highest BCUT2D eigenvalue weighted by atomic mass is 16.7. The molecule has 4 heterocycles. The molecule has 1 aromatic heterocycles. The summed E-state index contributed by atoms with van der Waals surface area (Å²) >= 11 is 0. The molecule has 0 spiro atoms. The van der Waals surface area contributed by atoms with Crippen LogP contribution in [0.4, 0.5) is 0 Å². The van der Waals surface area contributed by atoms with E-state index in [1.807, 2.05) is 90.4 Å². The van der Waals surface area contributed by atoms with Crippen LogP contribution in [0.5, 0.6) is 0 Å². The summed E-state index contributed by atoms with van der Waals surface area (Å²) in [5, 5.41) is 59.3. The molecule has 0 amide bonds. The van der Waals surface area contributed by atoms with Crippen molar-refractivity contribution in [3.05, 3.63) is 24.0 Å². The number of aliphatic imine (C=N–C) groups is 1. The van der Waals surface area contributed by atoms with Crippen LogP contribution in [0.1, 0.15) is 108 Å². The Hall–Kier alpha value is -2.26. The molecule has 6 N–H and O–H groups in total. The number of aliphatic hydroxyl groups excluding tert-OH is 4. The first-order chi connectivity index (χ1) is 29.5. The van der Waals surface area contributed by atoms with Crippen LogP contribution in [0.2, 0.25) is 0 Å². The molecule has 3 aliphatic heterocycles. The molecular formula is C46H82N4O13. The summed E-state index contributed by atoms with van der Waals surface area (Å²) in [5.74, 6) is -1.75. The van der Waals surface area contributed by atoms with Crippen LogP contribution >= 0.6 is 0 Å².